The predicted molar refractivity (Wildman–Crippen MR) is 74.9 cm³/mol. The maximum absolute atomic E-state index is 9.76. The lowest BCUT2D eigenvalue weighted by Crippen LogP contribution is -2.49. The van der Waals surface area contributed by atoms with Crippen LogP contribution in [0.5, 0.6) is 0 Å². The van der Waals surface area contributed by atoms with E-state index in [2.05, 4.69) is 22.0 Å². The van der Waals surface area contributed by atoms with E-state index in [1.54, 1.807) is 12.4 Å². The molecule has 4 nitrogen and oxygen atoms in total. The highest BCUT2D eigenvalue weighted by Crippen LogP contribution is 2.46. The largest absolute Gasteiger partial charge is 0.284 e. The van der Waals surface area contributed by atoms with Crippen LogP contribution in [-0.2, 0) is 5.41 Å². The van der Waals surface area contributed by atoms with Gasteiger partial charge in [-0.3, -0.25) is 9.88 Å². The zero-order valence-corrected chi connectivity index (χ0v) is 11.8. The molecule has 1 aromatic heterocycles. The molecule has 0 aliphatic carbocycles. The van der Waals surface area contributed by atoms with Crippen LogP contribution in [0.2, 0.25) is 5.02 Å². The van der Waals surface area contributed by atoms with Crippen molar-refractivity contribution in [1.82, 2.24) is 9.88 Å². The molecule has 2 bridgehead atoms. The highest BCUT2D eigenvalue weighted by atomic mass is 35.5. The standard InChI is InChI=1S/C15H15ClN4/c16-12-5-11(8-19-9-12)15(10-18)6-13-1-2-14(7-15)20(13)4-3-17/h5,8-9,13-14H,1-2,4,6-7H2. The number of hydrogen-bond acceptors (Lipinski definition) is 4. The molecule has 2 saturated heterocycles. The third-order valence-electron chi connectivity index (χ3n) is 4.66. The van der Waals surface area contributed by atoms with E-state index in [-0.39, 0.29) is 0 Å². The second kappa shape index (κ2) is 5.05. The van der Waals surface area contributed by atoms with Gasteiger partial charge in [0.25, 0.3) is 0 Å². The van der Waals surface area contributed by atoms with E-state index in [9.17, 15) is 5.26 Å². The van der Waals surface area contributed by atoms with Crippen molar-refractivity contribution in [2.24, 2.45) is 0 Å². The topological polar surface area (TPSA) is 63.7 Å². The molecule has 2 aliphatic heterocycles. The van der Waals surface area contributed by atoms with Crippen LogP contribution in [0.3, 0.4) is 0 Å². The Hall–Kier alpha value is -1.62. The van der Waals surface area contributed by atoms with Crippen LogP contribution in [-0.4, -0.2) is 28.5 Å². The summed E-state index contributed by atoms with van der Waals surface area (Å²) < 4.78 is 0. The average molecular weight is 287 g/mol. The molecule has 0 spiro atoms. The van der Waals surface area contributed by atoms with Crippen LogP contribution in [0, 0.1) is 22.7 Å². The number of pyridine rings is 1. The number of nitrogens with zero attached hydrogens (tertiary/aromatic N) is 4. The van der Waals surface area contributed by atoms with Gasteiger partial charge >= 0.3 is 0 Å². The molecule has 20 heavy (non-hydrogen) atoms. The molecule has 3 rings (SSSR count). The molecule has 3 heterocycles. The molecule has 2 atom stereocenters. The number of hydrogen-bond donors (Lipinski definition) is 0. The minimum atomic E-state index is -0.504. The summed E-state index contributed by atoms with van der Waals surface area (Å²) in [6.07, 6.45) is 7.03. The van der Waals surface area contributed by atoms with Gasteiger partial charge in [-0.15, -0.1) is 0 Å². The molecule has 2 aliphatic rings. The van der Waals surface area contributed by atoms with Crippen molar-refractivity contribution in [3.8, 4) is 12.1 Å². The normalized spacial score (nSPS) is 32.5. The van der Waals surface area contributed by atoms with Gasteiger partial charge in [0.05, 0.1) is 29.1 Å². The number of rotatable bonds is 2. The first-order valence-corrected chi connectivity index (χ1v) is 7.21. The lowest BCUT2D eigenvalue weighted by molar-refractivity contribution is 0.120. The molecule has 102 valence electrons. The molecule has 0 aromatic carbocycles. The van der Waals surface area contributed by atoms with E-state index >= 15 is 0 Å². The van der Waals surface area contributed by atoms with Gasteiger partial charge in [-0.25, -0.2) is 0 Å². The third kappa shape index (κ3) is 2.06. The fourth-order valence-electron chi connectivity index (χ4n) is 3.75. The SMILES string of the molecule is N#CCN1C2CCC1CC(C#N)(c1cncc(Cl)c1)C2. The molecule has 0 amide bonds. The molecule has 5 heteroatoms. The second-order valence-corrected chi connectivity index (χ2v) is 6.15. The molecule has 2 unspecified atom stereocenters. The highest BCUT2D eigenvalue weighted by molar-refractivity contribution is 6.30. The highest BCUT2D eigenvalue weighted by Gasteiger charge is 2.49. The summed E-state index contributed by atoms with van der Waals surface area (Å²) in [6, 6.07) is 7.27. The predicted octanol–water partition coefficient (Wildman–Crippen LogP) is 2.65. The van der Waals surface area contributed by atoms with Gasteiger partial charge in [0.2, 0.25) is 0 Å². The molecule has 1 aromatic rings. The van der Waals surface area contributed by atoms with E-state index < -0.39 is 5.41 Å². The van der Waals surface area contributed by atoms with Crippen LogP contribution in [0.1, 0.15) is 31.2 Å². The van der Waals surface area contributed by atoms with Gasteiger partial charge < -0.3 is 0 Å². The van der Waals surface area contributed by atoms with Gasteiger partial charge in [-0.1, -0.05) is 11.6 Å². The molecule has 0 saturated carbocycles. The van der Waals surface area contributed by atoms with Crippen molar-refractivity contribution in [1.29, 1.82) is 10.5 Å². The quantitative estimate of drug-likeness (QED) is 0.784. The van der Waals surface area contributed by atoms with E-state index in [4.69, 9.17) is 16.9 Å². The van der Waals surface area contributed by atoms with Gasteiger partial charge in [-0.05, 0) is 37.3 Å². The van der Waals surface area contributed by atoms with Crippen molar-refractivity contribution in [2.45, 2.75) is 43.2 Å². The van der Waals surface area contributed by atoms with Gasteiger partial charge in [0, 0.05) is 24.5 Å². The summed E-state index contributed by atoms with van der Waals surface area (Å²) in [5.74, 6) is 0. The maximum Gasteiger partial charge on any atom is 0.0870 e. The Bertz CT molecular complexity index is 587. The van der Waals surface area contributed by atoms with E-state index in [1.807, 2.05) is 6.07 Å². The smallest absolute Gasteiger partial charge is 0.0870 e. The van der Waals surface area contributed by atoms with Crippen molar-refractivity contribution < 1.29 is 0 Å². The zero-order chi connectivity index (χ0) is 14.2. The first-order valence-electron chi connectivity index (χ1n) is 6.83. The van der Waals surface area contributed by atoms with Crippen LogP contribution in [0.25, 0.3) is 0 Å². The summed E-state index contributed by atoms with van der Waals surface area (Å²) >= 11 is 6.02. The summed E-state index contributed by atoms with van der Waals surface area (Å²) in [4.78, 5) is 6.39. The van der Waals surface area contributed by atoms with Crippen LogP contribution in [0.15, 0.2) is 18.5 Å². The first-order chi connectivity index (χ1) is 9.68. The monoisotopic (exact) mass is 286 g/mol. The summed E-state index contributed by atoms with van der Waals surface area (Å²) in [5.41, 5.74) is 0.413. The van der Waals surface area contributed by atoms with Gasteiger partial charge in [-0.2, -0.15) is 10.5 Å². The summed E-state index contributed by atoms with van der Waals surface area (Å²) in [6.45, 7) is 0.463. The molecule has 2 fully saturated rings. The Morgan fingerprint density at radius 3 is 2.55 bits per heavy atom. The maximum atomic E-state index is 9.76. The number of piperidine rings is 1. The third-order valence-corrected chi connectivity index (χ3v) is 4.87. The second-order valence-electron chi connectivity index (χ2n) is 5.71. The fraction of sp³-hybridized carbons (Fsp3) is 0.533. The van der Waals surface area contributed by atoms with Gasteiger partial charge in [0.15, 0.2) is 0 Å². The average Bonchev–Trinajstić information content (AvgIpc) is 2.71. The minimum absolute atomic E-state index is 0.326. The summed E-state index contributed by atoms with van der Waals surface area (Å²) in [5, 5.41) is 19.3. The molecule has 0 N–H and O–H groups in total. The molecular weight excluding hydrogens is 272 g/mol. The lowest BCUT2D eigenvalue weighted by Gasteiger charge is -2.42. The fourth-order valence-corrected chi connectivity index (χ4v) is 3.92. The number of aromatic nitrogens is 1. The Balaban J connectivity index is 1.94. The van der Waals surface area contributed by atoms with Crippen LogP contribution >= 0.6 is 11.6 Å². The Morgan fingerprint density at radius 2 is 2.00 bits per heavy atom. The van der Waals surface area contributed by atoms with E-state index in [0.29, 0.717) is 23.7 Å². The van der Waals surface area contributed by atoms with Crippen LogP contribution in [0.4, 0.5) is 0 Å². The zero-order valence-electron chi connectivity index (χ0n) is 11.1. The van der Waals surface area contributed by atoms with Crippen molar-refractivity contribution in [2.75, 3.05) is 6.54 Å². The van der Waals surface area contributed by atoms with Crippen molar-refractivity contribution in [3.05, 3.63) is 29.0 Å². The number of halogens is 1. The Labute approximate surface area is 123 Å². The Morgan fingerprint density at radius 1 is 1.30 bits per heavy atom. The summed E-state index contributed by atoms with van der Waals surface area (Å²) in [7, 11) is 0. The van der Waals surface area contributed by atoms with Gasteiger partial charge in [0.1, 0.15) is 0 Å². The first kappa shape index (κ1) is 13.4. The minimum Gasteiger partial charge on any atom is -0.284 e. The number of nitriles is 2. The Kier molecular flexibility index (Phi) is 3.38. The van der Waals surface area contributed by atoms with Crippen molar-refractivity contribution >= 4 is 11.6 Å². The van der Waals surface area contributed by atoms with E-state index in [0.717, 1.165) is 31.2 Å². The number of fused-ring (bicyclic) bond motifs is 2. The molecular formula is C15H15ClN4. The molecule has 0 radical (unpaired) electrons. The van der Waals surface area contributed by atoms with Crippen molar-refractivity contribution in [3.63, 3.8) is 0 Å². The van der Waals surface area contributed by atoms with E-state index in [1.165, 1.54) is 0 Å². The van der Waals surface area contributed by atoms with Crippen LogP contribution < -0.4 is 0 Å². The lowest BCUT2D eigenvalue weighted by atomic mass is 9.71.